The second kappa shape index (κ2) is 3.74. The molecule has 0 rings (SSSR count). The predicted molar refractivity (Wildman–Crippen MR) is 28.3 cm³/mol. The van der Waals surface area contributed by atoms with Gasteiger partial charge in [0.15, 0.2) is 0 Å². The monoisotopic (exact) mass is 140 g/mol. The maximum absolute atomic E-state index is 11.5. The van der Waals surface area contributed by atoms with Gasteiger partial charge in [-0.1, -0.05) is 6.92 Å². The van der Waals surface area contributed by atoms with Crippen LogP contribution in [-0.2, 0) is 0 Å². The third kappa shape index (κ3) is 2.72. The lowest BCUT2D eigenvalue weighted by Gasteiger charge is -2.14. The van der Waals surface area contributed by atoms with Crippen molar-refractivity contribution in [2.75, 3.05) is 6.61 Å². The molecular formula is C5H10F2O2. The summed E-state index contributed by atoms with van der Waals surface area (Å²) in [7, 11) is 0. The second-order valence-corrected chi connectivity index (χ2v) is 1.98. The van der Waals surface area contributed by atoms with Crippen molar-refractivity contribution >= 4 is 0 Å². The zero-order valence-electron chi connectivity index (χ0n) is 5.09. The molecule has 2 N–H and O–H groups in total. The summed E-state index contributed by atoms with van der Waals surface area (Å²) in [6.07, 6.45) is -4.46. The highest BCUT2D eigenvalue weighted by Gasteiger charge is 2.22. The first kappa shape index (κ1) is 8.78. The van der Waals surface area contributed by atoms with Crippen LogP contribution in [0.25, 0.3) is 0 Å². The van der Waals surface area contributed by atoms with E-state index in [1.54, 1.807) is 0 Å². The number of halogens is 2. The minimum atomic E-state index is -2.76. The highest BCUT2D eigenvalue weighted by atomic mass is 19.3. The zero-order valence-corrected chi connectivity index (χ0v) is 5.09. The summed E-state index contributed by atoms with van der Waals surface area (Å²) in [6, 6.07) is 0. The summed E-state index contributed by atoms with van der Waals surface area (Å²) < 4.78 is 23.0. The molecule has 4 heteroatoms. The second-order valence-electron chi connectivity index (χ2n) is 1.98. The van der Waals surface area contributed by atoms with Gasteiger partial charge in [0.1, 0.15) is 6.10 Å². The van der Waals surface area contributed by atoms with Crippen LogP contribution in [-0.4, -0.2) is 29.3 Å². The Hall–Kier alpha value is -0.220. The van der Waals surface area contributed by atoms with Crippen LogP contribution in [0.1, 0.15) is 6.92 Å². The van der Waals surface area contributed by atoms with E-state index in [-0.39, 0.29) is 0 Å². The van der Waals surface area contributed by atoms with Crippen molar-refractivity contribution in [1.29, 1.82) is 0 Å². The predicted octanol–water partition coefficient (Wildman–Crippen LogP) is 0.241. The maximum Gasteiger partial charge on any atom is 0.264 e. The average Bonchev–Trinajstić information content (AvgIpc) is 1.84. The Labute approximate surface area is 52.1 Å². The molecule has 0 fully saturated rings. The fraction of sp³-hybridized carbons (Fsp3) is 1.00. The Kier molecular flexibility index (Phi) is 3.65. The molecule has 0 aromatic rings. The molecule has 0 heterocycles. The van der Waals surface area contributed by atoms with Crippen molar-refractivity contribution < 1.29 is 19.0 Å². The Morgan fingerprint density at radius 2 is 1.89 bits per heavy atom. The van der Waals surface area contributed by atoms with Gasteiger partial charge in [0.05, 0.1) is 0 Å². The van der Waals surface area contributed by atoms with Gasteiger partial charge in [0, 0.05) is 12.5 Å². The molecular weight excluding hydrogens is 130 g/mol. The van der Waals surface area contributed by atoms with Crippen LogP contribution in [0.4, 0.5) is 8.78 Å². The van der Waals surface area contributed by atoms with Crippen LogP contribution in [0.3, 0.4) is 0 Å². The first-order chi connectivity index (χ1) is 4.09. The van der Waals surface area contributed by atoms with Crippen molar-refractivity contribution in [2.24, 2.45) is 5.92 Å². The van der Waals surface area contributed by atoms with Gasteiger partial charge in [-0.25, -0.2) is 8.78 Å². The van der Waals surface area contributed by atoms with Gasteiger partial charge in [0.25, 0.3) is 6.43 Å². The quantitative estimate of drug-likeness (QED) is 0.589. The third-order valence-corrected chi connectivity index (χ3v) is 1.13. The minimum absolute atomic E-state index is 0.411. The van der Waals surface area contributed by atoms with E-state index in [1.165, 1.54) is 6.92 Å². The molecule has 9 heavy (non-hydrogen) atoms. The molecule has 2 unspecified atom stereocenters. The van der Waals surface area contributed by atoms with Gasteiger partial charge in [-0.15, -0.1) is 0 Å². The normalized spacial score (nSPS) is 18.0. The number of aliphatic hydroxyl groups is 2. The zero-order chi connectivity index (χ0) is 7.44. The van der Waals surface area contributed by atoms with Crippen LogP contribution in [0, 0.1) is 5.92 Å². The third-order valence-electron chi connectivity index (χ3n) is 1.13. The van der Waals surface area contributed by atoms with Crippen molar-refractivity contribution in [3.63, 3.8) is 0 Å². The fourth-order valence-electron chi connectivity index (χ4n) is 0.356. The van der Waals surface area contributed by atoms with E-state index < -0.39 is 25.1 Å². The van der Waals surface area contributed by atoms with Gasteiger partial charge in [-0.05, 0) is 0 Å². The van der Waals surface area contributed by atoms with E-state index in [2.05, 4.69) is 0 Å². The molecule has 2 atom stereocenters. The maximum atomic E-state index is 11.5. The van der Waals surface area contributed by atoms with Crippen LogP contribution in [0.15, 0.2) is 0 Å². The van der Waals surface area contributed by atoms with E-state index in [0.29, 0.717) is 0 Å². The molecule has 2 nitrogen and oxygen atoms in total. The van der Waals surface area contributed by atoms with Crippen LogP contribution in [0.2, 0.25) is 0 Å². The average molecular weight is 140 g/mol. The van der Waals surface area contributed by atoms with Gasteiger partial charge < -0.3 is 10.2 Å². The SMILES string of the molecule is CC(CO)C(O)C(F)F. The summed E-state index contributed by atoms with van der Waals surface area (Å²) in [6.45, 7) is 0.947. The number of rotatable bonds is 3. The summed E-state index contributed by atoms with van der Waals surface area (Å²) in [4.78, 5) is 0. The highest BCUT2D eigenvalue weighted by molar-refractivity contribution is 4.64. The lowest BCUT2D eigenvalue weighted by Crippen LogP contribution is -2.28. The first-order valence-corrected chi connectivity index (χ1v) is 2.66. The lowest BCUT2D eigenvalue weighted by molar-refractivity contribution is -0.0463. The Balaban J connectivity index is 3.58. The van der Waals surface area contributed by atoms with E-state index in [4.69, 9.17) is 10.2 Å². The Bertz CT molecular complexity index is 77.4. The number of alkyl halides is 2. The van der Waals surface area contributed by atoms with Crippen molar-refractivity contribution in [3.05, 3.63) is 0 Å². The van der Waals surface area contributed by atoms with Gasteiger partial charge >= 0.3 is 0 Å². The van der Waals surface area contributed by atoms with E-state index >= 15 is 0 Å². The first-order valence-electron chi connectivity index (χ1n) is 2.66. The Morgan fingerprint density at radius 1 is 1.44 bits per heavy atom. The summed E-state index contributed by atoms with van der Waals surface area (Å²) >= 11 is 0. The molecule has 0 aliphatic heterocycles. The van der Waals surface area contributed by atoms with Crippen LogP contribution < -0.4 is 0 Å². The minimum Gasteiger partial charge on any atom is -0.396 e. The smallest absolute Gasteiger partial charge is 0.264 e. The molecule has 56 valence electrons. The molecule has 0 amide bonds. The summed E-state index contributed by atoms with van der Waals surface area (Å²) in [5.41, 5.74) is 0. The Morgan fingerprint density at radius 3 is 2.00 bits per heavy atom. The molecule has 0 aromatic heterocycles. The fourth-order valence-corrected chi connectivity index (χ4v) is 0.356. The molecule has 0 aliphatic carbocycles. The molecule has 0 bridgehead atoms. The number of hydrogen-bond acceptors (Lipinski definition) is 2. The molecule has 0 spiro atoms. The van der Waals surface area contributed by atoms with E-state index in [9.17, 15) is 8.78 Å². The van der Waals surface area contributed by atoms with Crippen molar-refractivity contribution in [1.82, 2.24) is 0 Å². The van der Waals surface area contributed by atoms with Gasteiger partial charge in [-0.2, -0.15) is 0 Å². The lowest BCUT2D eigenvalue weighted by atomic mass is 10.1. The molecule has 0 saturated heterocycles. The van der Waals surface area contributed by atoms with Crippen molar-refractivity contribution in [2.45, 2.75) is 19.5 Å². The molecule has 0 radical (unpaired) electrons. The standard InChI is InChI=1S/C5H10F2O2/c1-3(2-8)4(9)5(6)7/h3-5,8-9H,2H2,1H3. The van der Waals surface area contributed by atoms with Gasteiger partial charge in [-0.3, -0.25) is 0 Å². The number of hydrogen-bond donors (Lipinski definition) is 2. The summed E-state index contributed by atoms with van der Waals surface area (Å²) in [5.74, 6) is -0.745. The van der Waals surface area contributed by atoms with Crippen molar-refractivity contribution in [3.8, 4) is 0 Å². The van der Waals surface area contributed by atoms with Crippen LogP contribution >= 0.6 is 0 Å². The van der Waals surface area contributed by atoms with E-state index in [0.717, 1.165) is 0 Å². The molecule has 0 saturated carbocycles. The molecule has 0 aromatic carbocycles. The van der Waals surface area contributed by atoms with Crippen LogP contribution in [0.5, 0.6) is 0 Å². The largest absolute Gasteiger partial charge is 0.396 e. The highest BCUT2D eigenvalue weighted by Crippen LogP contribution is 2.09. The van der Waals surface area contributed by atoms with E-state index in [1.807, 2.05) is 0 Å². The summed E-state index contributed by atoms with van der Waals surface area (Å²) in [5, 5.41) is 16.7. The molecule has 0 aliphatic rings. The van der Waals surface area contributed by atoms with Gasteiger partial charge in [0.2, 0.25) is 0 Å². The topological polar surface area (TPSA) is 40.5 Å². The number of aliphatic hydroxyl groups excluding tert-OH is 2.